The van der Waals surface area contributed by atoms with Gasteiger partial charge in [-0.25, -0.2) is 4.98 Å². The number of nitriles is 1. The second-order valence-electron chi connectivity index (χ2n) is 8.06. The predicted octanol–water partition coefficient (Wildman–Crippen LogP) is 3.24. The number of hydrogen-bond acceptors (Lipinski definition) is 5. The SMILES string of the molecule is Cc1ccc(C#N)c(NCC2CN(C(=O)c3ccccc3)CC23CCOCC3)n1. The van der Waals surface area contributed by atoms with Gasteiger partial charge in [-0.3, -0.25) is 4.79 Å². The van der Waals surface area contributed by atoms with Crippen LogP contribution < -0.4 is 5.32 Å². The lowest BCUT2D eigenvalue weighted by Gasteiger charge is -2.38. The maximum Gasteiger partial charge on any atom is 0.253 e. The zero-order chi connectivity index (χ0) is 20.3. The number of pyridine rings is 1. The number of likely N-dealkylation sites (tertiary alicyclic amines) is 1. The Labute approximate surface area is 171 Å². The summed E-state index contributed by atoms with van der Waals surface area (Å²) in [7, 11) is 0. The minimum absolute atomic E-state index is 0.0479. The second-order valence-corrected chi connectivity index (χ2v) is 8.06. The van der Waals surface area contributed by atoms with E-state index in [0.29, 0.717) is 24.5 Å². The minimum atomic E-state index is 0.0479. The monoisotopic (exact) mass is 390 g/mol. The van der Waals surface area contributed by atoms with E-state index in [1.807, 2.05) is 48.2 Å². The molecule has 4 rings (SSSR count). The van der Waals surface area contributed by atoms with E-state index < -0.39 is 0 Å². The van der Waals surface area contributed by atoms with Crippen molar-refractivity contribution in [3.63, 3.8) is 0 Å². The van der Waals surface area contributed by atoms with Crippen molar-refractivity contribution in [3.8, 4) is 6.07 Å². The number of nitrogens with one attached hydrogen (secondary N) is 1. The molecular weight excluding hydrogens is 364 g/mol. The maximum absolute atomic E-state index is 13.1. The lowest BCUT2D eigenvalue weighted by atomic mass is 9.72. The number of ether oxygens (including phenoxy) is 1. The molecular formula is C23H26N4O2. The molecule has 3 heterocycles. The summed E-state index contributed by atoms with van der Waals surface area (Å²) in [6.45, 7) is 5.52. The Morgan fingerprint density at radius 1 is 1.28 bits per heavy atom. The first-order chi connectivity index (χ1) is 14.1. The fourth-order valence-electron chi connectivity index (χ4n) is 4.58. The van der Waals surface area contributed by atoms with Gasteiger partial charge in [-0.05, 0) is 49.4 Å². The summed E-state index contributed by atoms with van der Waals surface area (Å²) < 4.78 is 5.62. The van der Waals surface area contributed by atoms with Crippen LogP contribution in [0.25, 0.3) is 0 Å². The molecule has 1 aromatic carbocycles. The van der Waals surface area contributed by atoms with Crippen LogP contribution in [0.1, 0.15) is 34.5 Å². The van der Waals surface area contributed by atoms with Gasteiger partial charge in [0.25, 0.3) is 5.91 Å². The highest BCUT2D eigenvalue weighted by Gasteiger charge is 2.48. The number of aryl methyl sites for hydroxylation is 1. The lowest BCUT2D eigenvalue weighted by molar-refractivity contribution is 0.00206. The van der Waals surface area contributed by atoms with Gasteiger partial charge < -0.3 is 15.0 Å². The summed E-state index contributed by atoms with van der Waals surface area (Å²) >= 11 is 0. The van der Waals surface area contributed by atoms with Crippen molar-refractivity contribution in [2.45, 2.75) is 19.8 Å². The normalized spacial score (nSPS) is 20.4. The number of aromatic nitrogens is 1. The minimum Gasteiger partial charge on any atom is -0.381 e. The van der Waals surface area contributed by atoms with Crippen LogP contribution >= 0.6 is 0 Å². The molecule has 1 unspecified atom stereocenters. The molecule has 0 radical (unpaired) electrons. The standard InChI is InChI=1S/C23H26N4O2/c1-17-7-8-19(13-24)21(26-17)25-14-20-15-27(16-23(20)9-11-29-12-10-23)22(28)18-5-3-2-4-6-18/h2-8,20H,9-12,14-16H2,1H3,(H,25,26). The summed E-state index contributed by atoms with van der Waals surface area (Å²) in [5.41, 5.74) is 2.20. The third-order valence-corrected chi connectivity index (χ3v) is 6.28. The van der Waals surface area contributed by atoms with Crippen LogP contribution in [-0.2, 0) is 4.74 Å². The van der Waals surface area contributed by atoms with Gasteiger partial charge in [0.2, 0.25) is 0 Å². The third-order valence-electron chi connectivity index (χ3n) is 6.28. The Morgan fingerprint density at radius 3 is 2.76 bits per heavy atom. The molecule has 1 amide bonds. The van der Waals surface area contributed by atoms with Gasteiger partial charge in [-0.15, -0.1) is 0 Å². The first kappa shape index (κ1) is 19.4. The Morgan fingerprint density at radius 2 is 2.03 bits per heavy atom. The number of amides is 1. The molecule has 2 aliphatic heterocycles. The van der Waals surface area contributed by atoms with Gasteiger partial charge in [-0.1, -0.05) is 18.2 Å². The number of carbonyl (C=O) groups excluding carboxylic acids is 1. The van der Waals surface area contributed by atoms with Crippen LogP contribution in [0.5, 0.6) is 0 Å². The Hall–Kier alpha value is -2.91. The highest BCUT2D eigenvalue weighted by molar-refractivity contribution is 5.94. The van der Waals surface area contributed by atoms with E-state index in [2.05, 4.69) is 16.4 Å². The zero-order valence-electron chi connectivity index (χ0n) is 16.7. The second kappa shape index (κ2) is 8.22. The molecule has 6 heteroatoms. The van der Waals surface area contributed by atoms with Crippen LogP contribution in [-0.4, -0.2) is 48.6 Å². The first-order valence-electron chi connectivity index (χ1n) is 10.1. The van der Waals surface area contributed by atoms with Crippen molar-refractivity contribution < 1.29 is 9.53 Å². The number of anilines is 1. The van der Waals surface area contributed by atoms with E-state index in [1.165, 1.54) is 0 Å². The van der Waals surface area contributed by atoms with E-state index in [9.17, 15) is 10.1 Å². The van der Waals surface area contributed by atoms with Gasteiger partial charge in [0.1, 0.15) is 11.9 Å². The van der Waals surface area contributed by atoms with Gasteiger partial charge in [-0.2, -0.15) is 5.26 Å². The summed E-state index contributed by atoms with van der Waals surface area (Å²) in [4.78, 5) is 19.5. The molecule has 150 valence electrons. The third kappa shape index (κ3) is 3.96. The van der Waals surface area contributed by atoms with E-state index >= 15 is 0 Å². The number of carbonyl (C=O) groups is 1. The molecule has 6 nitrogen and oxygen atoms in total. The van der Waals surface area contributed by atoms with E-state index in [4.69, 9.17) is 4.74 Å². The van der Waals surface area contributed by atoms with Crippen molar-refractivity contribution in [1.29, 1.82) is 5.26 Å². The fourth-order valence-corrected chi connectivity index (χ4v) is 4.58. The fraction of sp³-hybridized carbons (Fsp3) is 0.435. The van der Waals surface area contributed by atoms with Crippen LogP contribution in [0.4, 0.5) is 5.82 Å². The molecule has 1 atom stereocenters. The predicted molar refractivity (Wildman–Crippen MR) is 111 cm³/mol. The highest BCUT2D eigenvalue weighted by Crippen LogP contribution is 2.44. The average molecular weight is 390 g/mol. The first-order valence-corrected chi connectivity index (χ1v) is 10.1. The molecule has 0 bridgehead atoms. The summed E-state index contributed by atoms with van der Waals surface area (Å²) in [6, 6.07) is 15.3. The number of hydrogen-bond donors (Lipinski definition) is 1. The summed E-state index contributed by atoms with van der Waals surface area (Å²) in [6.07, 6.45) is 1.90. The smallest absolute Gasteiger partial charge is 0.253 e. The van der Waals surface area contributed by atoms with E-state index in [0.717, 1.165) is 43.9 Å². The van der Waals surface area contributed by atoms with Crippen molar-refractivity contribution in [1.82, 2.24) is 9.88 Å². The van der Waals surface area contributed by atoms with Crippen molar-refractivity contribution >= 4 is 11.7 Å². The molecule has 1 spiro atoms. The van der Waals surface area contributed by atoms with Crippen LogP contribution in [0.2, 0.25) is 0 Å². The highest BCUT2D eigenvalue weighted by atomic mass is 16.5. The van der Waals surface area contributed by atoms with Crippen molar-refractivity contribution in [3.05, 3.63) is 59.3 Å². The molecule has 29 heavy (non-hydrogen) atoms. The molecule has 2 saturated heterocycles. The maximum atomic E-state index is 13.1. The molecule has 2 aliphatic rings. The van der Waals surface area contributed by atoms with Gasteiger partial charge in [0.15, 0.2) is 0 Å². The number of nitrogens with zero attached hydrogens (tertiary/aromatic N) is 3. The molecule has 2 fully saturated rings. The van der Waals surface area contributed by atoms with Crippen LogP contribution in [0.15, 0.2) is 42.5 Å². The molecule has 1 N–H and O–H groups in total. The summed E-state index contributed by atoms with van der Waals surface area (Å²) in [5.74, 6) is 1.00. The lowest BCUT2D eigenvalue weighted by Crippen LogP contribution is -2.39. The van der Waals surface area contributed by atoms with Crippen molar-refractivity contribution in [2.75, 3.05) is 38.2 Å². The molecule has 1 aromatic heterocycles. The Balaban J connectivity index is 1.53. The number of benzene rings is 1. The average Bonchev–Trinajstić information content (AvgIpc) is 3.10. The van der Waals surface area contributed by atoms with E-state index in [1.54, 1.807) is 6.07 Å². The largest absolute Gasteiger partial charge is 0.381 e. The van der Waals surface area contributed by atoms with Crippen LogP contribution in [0.3, 0.4) is 0 Å². The molecule has 2 aromatic rings. The molecule has 0 aliphatic carbocycles. The Kier molecular flexibility index (Phi) is 5.50. The van der Waals surface area contributed by atoms with Gasteiger partial charge in [0.05, 0.1) is 5.56 Å². The van der Waals surface area contributed by atoms with Crippen LogP contribution in [0, 0.1) is 29.6 Å². The Bertz CT molecular complexity index is 916. The van der Waals surface area contributed by atoms with E-state index in [-0.39, 0.29) is 17.2 Å². The van der Waals surface area contributed by atoms with Crippen molar-refractivity contribution in [2.24, 2.45) is 11.3 Å². The topological polar surface area (TPSA) is 78.2 Å². The molecule has 0 saturated carbocycles. The van der Waals surface area contributed by atoms with Gasteiger partial charge >= 0.3 is 0 Å². The summed E-state index contributed by atoms with van der Waals surface area (Å²) in [5, 5.41) is 12.8. The number of rotatable bonds is 4. The quantitative estimate of drug-likeness (QED) is 0.867. The zero-order valence-corrected chi connectivity index (χ0v) is 16.7. The van der Waals surface area contributed by atoms with Gasteiger partial charge in [0, 0.05) is 50.0 Å².